The molecule has 0 radical (unpaired) electrons. The number of aromatic amines is 1. The summed E-state index contributed by atoms with van der Waals surface area (Å²) in [5.74, 6) is -0.295. The van der Waals surface area contributed by atoms with E-state index in [1.807, 2.05) is 24.3 Å². The molecule has 0 aliphatic rings. The summed E-state index contributed by atoms with van der Waals surface area (Å²) in [6, 6.07) is 7.51. The minimum atomic E-state index is -0.339. The van der Waals surface area contributed by atoms with E-state index < -0.39 is 0 Å². The molecule has 0 saturated carbocycles. The Morgan fingerprint density at radius 1 is 1.35 bits per heavy atom. The summed E-state index contributed by atoms with van der Waals surface area (Å²) in [5, 5.41) is 15.4. The number of hydrogen-bond donors (Lipinski definition) is 3. The van der Waals surface area contributed by atoms with Crippen molar-refractivity contribution >= 4 is 11.6 Å². The predicted molar refractivity (Wildman–Crippen MR) is 61.1 cm³/mol. The van der Waals surface area contributed by atoms with E-state index >= 15 is 0 Å². The van der Waals surface area contributed by atoms with Crippen LogP contribution in [0.1, 0.15) is 16.2 Å². The van der Waals surface area contributed by atoms with E-state index in [9.17, 15) is 4.79 Å². The Hall–Kier alpha value is -2.44. The molecule has 0 spiro atoms. The fourth-order valence-corrected chi connectivity index (χ4v) is 1.34. The maximum Gasteiger partial charge on any atom is 0.292 e. The normalized spacial score (nSPS) is 10.1. The first-order chi connectivity index (χ1) is 8.25. The number of hydrogen-bond acceptors (Lipinski definition) is 5. The highest BCUT2D eigenvalue weighted by molar-refractivity contribution is 5.89. The molecular formula is C10H12N6O. The molecule has 17 heavy (non-hydrogen) atoms. The lowest BCUT2D eigenvalue weighted by molar-refractivity contribution is 0.0944. The second-order valence-corrected chi connectivity index (χ2v) is 3.48. The molecule has 4 N–H and O–H groups in total. The summed E-state index contributed by atoms with van der Waals surface area (Å²) in [4.78, 5) is 11.4. The van der Waals surface area contributed by atoms with Crippen molar-refractivity contribution in [2.24, 2.45) is 0 Å². The number of nitrogens with one attached hydrogen (secondary N) is 2. The van der Waals surface area contributed by atoms with Crippen molar-refractivity contribution in [2.45, 2.75) is 6.42 Å². The van der Waals surface area contributed by atoms with Gasteiger partial charge in [-0.2, -0.15) is 5.21 Å². The Bertz CT molecular complexity index is 478. The number of tetrazole rings is 1. The Morgan fingerprint density at radius 3 is 2.76 bits per heavy atom. The van der Waals surface area contributed by atoms with Crippen LogP contribution in [0, 0.1) is 0 Å². The summed E-state index contributed by atoms with van der Waals surface area (Å²) in [7, 11) is 0. The van der Waals surface area contributed by atoms with E-state index in [0.29, 0.717) is 6.54 Å². The lowest BCUT2D eigenvalue weighted by Gasteiger charge is -2.03. The zero-order valence-corrected chi connectivity index (χ0v) is 9.05. The minimum absolute atomic E-state index is 0.0438. The molecule has 7 heteroatoms. The molecule has 1 amide bonds. The Labute approximate surface area is 97.4 Å². The zero-order chi connectivity index (χ0) is 12.1. The lowest BCUT2D eigenvalue weighted by Crippen LogP contribution is -2.26. The number of nitrogens with two attached hydrogens (primary N) is 1. The van der Waals surface area contributed by atoms with E-state index in [4.69, 9.17) is 5.73 Å². The Kier molecular flexibility index (Phi) is 3.29. The molecule has 2 rings (SSSR count). The van der Waals surface area contributed by atoms with Crippen LogP contribution in [-0.2, 0) is 6.42 Å². The number of aromatic nitrogens is 4. The molecule has 0 aliphatic carbocycles. The van der Waals surface area contributed by atoms with Gasteiger partial charge < -0.3 is 11.1 Å². The van der Waals surface area contributed by atoms with Gasteiger partial charge in [-0.3, -0.25) is 4.79 Å². The number of anilines is 1. The highest BCUT2D eigenvalue weighted by atomic mass is 16.2. The average Bonchev–Trinajstić information content (AvgIpc) is 2.85. The number of carbonyl (C=O) groups is 1. The molecular weight excluding hydrogens is 220 g/mol. The summed E-state index contributed by atoms with van der Waals surface area (Å²) < 4.78 is 0. The van der Waals surface area contributed by atoms with Gasteiger partial charge in [-0.25, -0.2) is 0 Å². The van der Waals surface area contributed by atoms with Gasteiger partial charge in [-0.1, -0.05) is 12.1 Å². The van der Waals surface area contributed by atoms with Crippen molar-refractivity contribution in [3.8, 4) is 0 Å². The molecule has 0 atom stereocenters. The fourth-order valence-electron chi connectivity index (χ4n) is 1.34. The van der Waals surface area contributed by atoms with Crippen molar-refractivity contribution in [3.05, 3.63) is 35.7 Å². The first kappa shape index (κ1) is 11.1. The van der Waals surface area contributed by atoms with Crippen LogP contribution in [0.5, 0.6) is 0 Å². The summed E-state index contributed by atoms with van der Waals surface area (Å²) >= 11 is 0. The summed E-state index contributed by atoms with van der Waals surface area (Å²) in [5.41, 5.74) is 7.40. The van der Waals surface area contributed by atoms with Crippen LogP contribution < -0.4 is 11.1 Å². The van der Waals surface area contributed by atoms with E-state index in [1.54, 1.807) is 0 Å². The number of rotatable bonds is 4. The third kappa shape index (κ3) is 3.00. The Morgan fingerprint density at radius 2 is 2.12 bits per heavy atom. The van der Waals surface area contributed by atoms with E-state index in [-0.39, 0.29) is 11.7 Å². The lowest BCUT2D eigenvalue weighted by atomic mass is 10.1. The second kappa shape index (κ2) is 5.06. The van der Waals surface area contributed by atoms with Crippen LogP contribution in [0.25, 0.3) is 0 Å². The third-order valence-corrected chi connectivity index (χ3v) is 2.23. The van der Waals surface area contributed by atoms with Crippen LogP contribution >= 0.6 is 0 Å². The summed E-state index contributed by atoms with van der Waals surface area (Å²) in [6.07, 6.45) is 0.726. The smallest absolute Gasteiger partial charge is 0.292 e. The van der Waals surface area contributed by atoms with Gasteiger partial charge in [0.05, 0.1) is 0 Å². The van der Waals surface area contributed by atoms with Crippen molar-refractivity contribution in [3.63, 3.8) is 0 Å². The second-order valence-electron chi connectivity index (χ2n) is 3.48. The first-order valence-electron chi connectivity index (χ1n) is 5.12. The van der Waals surface area contributed by atoms with Crippen LogP contribution in [0.2, 0.25) is 0 Å². The molecule has 2 aromatic rings. The molecule has 1 heterocycles. The van der Waals surface area contributed by atoms with Gasteiger partial charge in [0, 0.05) is 12.2 Å². The molecule has 0 saturated heterocycles. The summed E-state index contributed by atoms with van der Waals surface area (Å²) in [6.45, 7) is 0.511. The van der Waals surface area contributed by atoms with Gasteiger partial charge in [-0.05, 0) is 29.3 Å². The number of carbonyl (C=O) groups excluding carboxylic acids is 1. The number of nitrogens with zero attached hydrogens (tertiary/aromatic N) is 3. The third-order valence-electron chi connectivity index (χ3n) is 2.23. The monoisotopic (exact) mass is 232 g/mol. The van der Waals surface area contributed by atoms with Crippen LogP contribution in [0.15, 0.2) is 24.3 Å². The van der Waals surface area contributed by atoms with Crippen LogP contribution in [0.3, 0.4) is 0 Å². The number of benzene rings is 1. The van der Waals surface area contributed by atoms with E-state index in [2.05, 4.69) is 25.9 Å². The topological polar surface area (TPSA) is 110 Å². The molecule has 1 aromatic heterocycles. The minimum Gasteiger partial charge on any atom is -0.399 e. The highest BCUT2D eigenvalue weighted by Gasteiger charge is 2.08. The maximum absolute atomic E-state index is 11.4. The van der Waals surface area contributed by atoms with Gasteiger partial charge in [0.25, 0.3) is 11.7 Å². The van der Waals surface area contributed by atoms with Crippen molar-refractivity contribution < 1.29 is 4.79 Å². The van der Waals surface area contributed by atoms with E-state index in [0.717, 1.165) is 17.7 Å². The molecule has 7 nitrogen and oxygen atoms in total. The van der Waals surface area contributed by atoms with Gasteiger partial charge in [-0.15, -0.1) is 10.2 Å². The van der Waals surface area contributed by atoms with Gasteiger partial charge in [0.1, 0.15) is 0 Å². The van der Waals surface area contributed by atoms with Crippen molar-refractivity contribution in [1.82, 2.24) is 25.9 Å². The number of amides is 1. The van der Waals surface area contributed by atoms with Gasteiger partial charge in [0.15, 0.2) is 0 Å². The number of H-pyrrole nitrogens is 1. The highest BCUT2D eigenvalue weighted by Crippen LogP contribution is 2.05. The molecule has 0 fully saturated rings. The van der Waals surface area contributed by atoms with Gasteiger partial charge >= 0.3 is 0 Å². The average molecular weight is 232 g/mol. The quantitative estimate of drug-likeness (QED) is 0.630. The van der Waals surface area contributed by atoms with E-state index in [1.165, 1.54) is 0 Å². The van der Waals surface area contributed by atoms with Crippen LogP contribution in [0.4, 0.5) is 5.69 Å². The first-order valence-corrected chi connectivity index (χ1v) is 5.12. The largest absolute Gasteiger partial charge is 0.399 e. The predicted octanol–water partition coefficient (Wildman–Crippen LogP) is -0.246. The Balaban J connectivity index is 1.80. The molecule has 0 unspecified atom stereocenters. The molecule has 1 aromatic carbocycles. The molecule has 0 bridgehead atoms. The zero-order valence-electron chi connectivity index (χ0n) is 9.05. The molecule has 0 aliphatic heterocycles. The fraction of sp³-hybridized carbons (Fsp3) is 0.200. The number of nitrogen functional groups attached to an aromatic ring is 1. The van der Waals surface area contributed by atoms with Crippen LogP contribution in [-0.4, -0.2) is 33.1 Å². The van der Waals surface area contributed by atoms with Crippen molar-refractivity contribution in [1.29, 1.82) is 0 Å². The van der Waals surface area contributed by atoms with Gasteiger partial charge in [0.2, 0.25) is 0 Å². The standard InChI is InChI=1S/C10H12N6O/c11-8-3-1-7(2-4-8)5-6-12-10(17)9-13-15-16-14-9/h1-4H,5-6,11H2,(H,12,17)(H,13,14,15,16). The SMILES string of the molecule is Nc1ccc(CCNC(=O)c2nn[nH]n2)cc1. The molecule has 88 valence electrons. The van der Waals surface area contributed by atoms with Crippen molar-refractivity contribution in [2.75, 3.05) is 12.3 Å². The maximum atomic E-state index is 11.4.